The zero-order valence-corrected chi connectivity index (χ0v) is 7.59. The molecule has 1 rings (SSSR count). The summed E-state index contributed by atoms with van der Waals surface area (Å²) in [5.74, 6) is -2.00. The third-order valence-corrected chi connectivity index (χ3v) is 1.93. The van der Waals surface area contributed by atoms with E-state index in [0.29, 0.717) is 0 Å². The van der Waals surface area contributed by atoms with Gasteiger partial charge in [0, 0.05) is 5.56 Å². The number of aliphatic hydroxyl groups excluding tert-OH is 1. The van der Waals surface area contributed by atoms with Crippen molar-refractivity contribution in [2.45, 2.75) is 20.0 Å². The fourth-order valence-corrected chi connectivity index (χ4v) is 1.11. The summed E-state index contributed by atoms with van der Waals surface area (Å²) in [7, 11) is 0. The van der Waals surface area contributed by atoms with Gasteiger partial charge in [-0.2, -0.15) is 0 Å². The molecular weight excluding hydrogens is 174 g/mol. The zero-order valence-electron chi connectivity index (χ0n) is 7.59. The Balaban J connectivity index is 3.07. The van der Waals surface area contributed by atoms with E-state index in [9.17, 15) is 13.9 Å². The lowest BCUT2D eigenvalue weighted by molar-refractivity contribution is 0.122. The first-order valence-electron chi connectivity index (χ1n) is 4.16. The normalized spacial score (nSPS) is 13.4. The Bertz CT molecular complexity index is 297. The van der Waals surface area contributed by atoms with E-state index in [1.165, 1.54) is 12.1 Å². The van der Waals surface area contributed by atoms with Crippen LogP contribution in [0, 0.1) is 17.6 Å². The molecule has 0 aliphatic rings. The summed E-state index contributed by atoms with van der Waals surface area (Å²) in [6, 6.07) is 3.81. The maximum atomic E-state index is 13.1. The van der Waals surface area contributed by atoms with Gasteiger partial charge in [-0.1, -0.05) is 26.0 Å². The van der Waals surface area contributed by atoms with Crippen LogP contribution >= 0.6 is 0 Å². The van der Waals surface area contributed by atoms with Gasteiger partial charge in [0.15, 0.2) is 11.6 Å². The second-order valence-corrected chi connectivity index (χ2v) is 3.33. The predicted octanol–water partition coefficient (Wildman–Crippen LogP) is 2.65. The molecule has 0 aliphatic carbocycles. The van der Waals surface area contributed by atoms with Crippen molar-refractivity contribution in [2.24, 2.45) is 5.92 Å². The van der Waals surface area contributed by atoms with Crippen molar-refractivity contribution >= 4 is 0 Å². The van der Waals surface area contributed by atoms with Crippen molar-refractivity contribution in [1.29, 1.82) is 0 Å². The Morgan fingerprint density at radius 3 is 2.38 bits per heavy atom. The zero-order chi connectivity index (χ0) is 10.0. The van der Waals surface area contributed by atoms with Crippen LogP contribution in [0.2, 0.25) is 0 Å². The molecule has 0 saturated carbocycles. The summed E-state index contributed by atoms with van der Waals surface area (Å²) in [4.78, 5) is 0. The highest BCUT2D eigenvalue weighted by Crippen LogP contribution is 2.24. The van der Waals surface area contributed by atoms with Gasteiger partial charge in [0.25, 0.3) is 0 Å². The second kappa shape index (κ2) is 3.83. The number of hydrogen-bond acceptors (Lipinski definition) is 1. The van der Waals surface area contributed by atoms with Gasteiger partial charge in [-0.05, 0) is 12.0 Å². The quantitative estimate of drug-likeness (QED) is 0.752. The summed E-state index contributed by atoms with van der Waals surface area (Å²) in [6.07, 6.45) is -0.948. The molecule has 0 bridgehead atoms. The smallest absolute Gasteiger partial charge is 0.164 e. The van der Waals surface area contributed by atoms with Crippen LogP contribution in [0.3, 0.4) is 0 Å². The van der Waals surface area contributed by atoms with Crippen molar-refractivity contribution in [3.8, 4) is 0 Å². The molecule has 3 heteroatoms. The van der Waals surface area contributed by atoms with E-state index < -0.39 is 17.7 Å². The first-order valence-corrected chi connectivity index (χ1v) is 4.16. The lowest BCUT2D eigenvalue weighted by atomic mass is 9.99. The number of rotatable bonds is 2. The molecule has 0 radical (unpaired) electrons. The number of benzene rings is 1. The van der Waals surface area contributed by atoms with Crippen LogP contribution < -0.4 is 0 Å². The van der Waals surface area contributed by atoms with Crippen molar-refractivity contribution in [3.05, 3.63) is 35.4 Å². The largest absolute Gasteiger partial charge is 0.388 e. The summed E-state index contributed by atoms with van der Waals surface area (Å²) >= 11 is 0. The van der Waals surface area contributed by atoms with Crippen LogP contribution in [0.5, 0.6) is 0 Å². The molecule has 13 heavy (non-hydrogen) atoms. The van der Waals surface area contributed by atoms with Gasteiger partial charge in [0.1, 0.15) is 0 Å². The summed E-state index contributed by atoms with van der Waals surface area (Å²) < 4.78 is 25.8. The molecule has 1 aromatic rings. The average molecular weight is 186 g/mol. The molecule has 0 heterocycles. The summed E-state index contributed by atoms with van der Waals surface area (Å²) in [6.45, 7) is 3.49. The fourth-order valence-electron chi connectivity index (χ4n) is 1.11. The SMILES string of the molecule is CC(C)C(O)c1cccc(F)c1F. The lowest BCUT2D eigenvalue weighted by Crippen LogP contribution is -2.08. The highest BCUT2D eigenvalue weighted by Gasteiger charge is 2.18. The van der Waals surface area contributed by atoms with Crippen molar-refractivity contribution in [2.75, 3.05) is 0 Å². The minimum Gasteiger partial charge on any atom is -0.388 e. The maximum absolute atomic E-state index is 13.1. The number of halogens is 2. The maximum Gasteiger partial charge on any atom is 0.164 e. The van der Waals surface area contributed by atoms with E-state index in [1.54, 1.807) is 13.8 Å². The Kier molecular flexibility index (Phi) is 2.98. The van der Waals surface area contributed by atoms with E-state index in [0.717, 1.165) is 6.07 Å². The fraction of sp³-hybridized carbons (Fsp3) is 0.400. The van der Waals surface area contributed by atoms with Gasteiger partial charge in [-0.25, -0.2) is 8.78 Å². The van der Waals surface area contributed by atoms with Crippen molar-refractivity contribution in [3.63, 3.8) is 0 Å². The van der Waals surface area contributed by atoms with Gasteiger partial charge in [-0.15, -0.1) is 0 Å². The summed E-state index contributed by atoms with van der Waals surface area (Å²) in [5.41, 5.74) is 0.0231. The summed E-state index contributed by atoms with van der Waals surface area (Å²) in [5, 5.41) is 9.50. The molecule has 1 N–H and O–H groups in total. The Labute approximate surface area is 76.0 Å². The van der Waals surface area contributed by atoms with E-state index in [2.05, 4.69) is 0 Å². The monoisotopic (exact) mass is 186 g/mol. The molecule has 1 aromatic carbocycles. The molecule has 0 amide bonds. The van der Waals surface area contributed by atoms with Gasteiger partial charge in [0.05, 0.1) is 6.10 Å². The van der Waals surface area contributed by atoms with E-state index in [4.69, 9.17) is 0 Å². The third kappa shape index (κ3) is 2.04. The number of aliphatic hydroxyl groups is 1. The topological polar surface area (TPSA) is 20.2 Å². The molecule has 0 saturated heterocycles. The Morgan fingerprint density at radius 2 is 1.85 bits per heavy atom. The lowest BCUT2D eigenvalue weighted by Gasteiger charge is -2.15. The van der Waals surface area contributed by atoms with Crippen molar-refractivity contribution in [1.82, 2.24) is 0 Å². The first-order chi connectivity index (χ1) is 6.04. The molecule has 1 unspecified atom stereocenters. The predicted molar refractivity (Wildman–Crippen MR) is 46.2 cm³/mol. The molecule has 1 atom stereocenters. The van der Waals surface area contributed by atoms with Crippen LogP contribution in [0.15, 0.2) is 18.2 Å². The minimum absolute atomic E-state index is 0.0231. The Morgan fingerprint density at radius 1 is 1.23 bits per heavy atom. The van der Waals surface area contributed by atoms with Crippen molar-refractivity contribution < 1.29 is 13.9 Å². The minimum atomic E-state index is -0.955. The number of hydrogen-bond donors (Lipinski definition) is 1. The van der Waals surface area contributed by atoms with Gasteiger partial charge in [-0.3, -0.25) is 0 Å². The second-order valence-electron chi connectivity index (χ2n) is 3.33. The van der Waals surface area contributed by atoms with Crippen LogP contribution in [-0.4, -0.2) is 5.11 Å². The molecular formula is C10H12F2O. The highest BCUT2D eigenvalue weighted by molar-refractivity contribution is 5.21. The van der Waals surface area contributed by atoms with E-state index in [-0.39, 0.29) is 11.5 Å². The van der Waals surface area contributed by atoms with Gasteiger partial charge < -0.3 is 5.11 Å². The average Bonchev–Trinajstić information content (AvgIpc) is 2.08. The molecule has 0 spiro atoms. The molecule has 0 aromatic heterocycles. The van der Waals surface area contributed by atoms with Crippen LogP contribution in [-0.2, 0) is 0 Å². The molecule has 0 aliphatic heterocycles. The molecule has 72 valence electrons. The highest BCUT2D eigenvalue weighted by atomic mass is 19.2. The first kappa shape index (κ1) is 10.1. The molecule has 1 nitrogen and oxygen atoms in total. The van der Waals surface area contributed by atoms with E-state index in [1.807, 2.05) is 0 Å². The van der Waals surface area contributed by atoms with E-state index >= 15 is 0 Å². The Hall–Kier alpha value is -0.960. The van der Waals surface area contributed by atoms with Gasteiger partial charge >= 0.3 is 0 Å². The van der Waals surface area contributed by atoms with Crippen LogP contribution in [0.4, 0.5) is 8.78 Å². The third-order valence-electron chi connectivity index (χ3n) is 1.93. The van der Waals surface area contributed by atoms with Crippen LogP contribution in [0.25, 0.3) is 0 Å². The van der Waals surface area contributed by atoms with Crippen LogP contribution in [0.1, 0.15) is 25.5 Å². The van der Waals surface area contributed by atoms with Gasteiger partial charge in [0.2, 0.25) is 0 Å². The standard InChI is InChI=1S/C10H12F2O/c1-6(2)10(13)7-4-3-5-8(11)9(7)12/h3-6,10,13H,1-2H3. The molecule has 0 fully saturated rings.